The molecule has 1 aromatic carbocycles. The third kappa shape index (κ3) is 2.95. The summed E-state index contributed by atoms with van der Waals surface area (Å²) < 4.78 is 28.5. The summed E-state index contributed by atoms with van der Waals surface area (Å²) in [4.78, 5) is 0.0842. The fraction of sp³-hybridized carbons (Fsp3) is 0.250. The number of halogens is 1. The molecule has 0 aliphatic heterocycles. The third-order valence-electron chi connectivity index (χ3n) is 3.07. The fourth-order valence-corrected chi connectivity index (χ4v) is 2.82. The first-order valence-corrected chi connectivity index (χ1v) is 7.69. The number of anilines is 1. The molecule has 3 N–H and O–H groups in total. The molecule has 20 heavy (non-hydrogen) atoms. The van der Waals surface area contributed by atoms with Gasteiger partial charge < -0.3 is 5.73 Å². The number of nitrogen functional groups attached to an aromatic ring is 1. The van der Waals surface area contributed by atoms with E-state index in [0.29, 0.717) is 5.02 Å². The van der Waals surface area contributed by atoms with Crippen molar-refractivity contribution < 1.29 is 8.42 Å². The van der Waals surface area contributed by atoms with Crippen molar-refractivity contribution in [2.24, 2.45) is 7.05 Å². The Morgan fingerprint density at radius 2 is 2.15 bits per heavy atom. The number of nitrogens with one attached hydrogen (secondary N) is 1. The van der Waals surface area contributed by atoms with Crippen LogP contribution in [-0.4, -0.2) is 18.2 Å². The summed E-state index contributed by atoms with van der Waals surface area (Å²) in [5, 5.41) is 4.39. The van der Waals surface area contributed by atoms with Gasteiger partial charge >= 0.3 is 0 Å². The predicted octanol–water partition coefficient (Wildman–Crippen LogP) is 1.44. The first kappa shape index (κ1) is 14.8. The minimum absolute atomic E-state index is 0.0842. The maximum absolute atomic E-state index is 12.2. The van der Waals surface area contributed by atoms with Crippen molar-refractivity contribution in [3.05, 3.63) is 40.7 Å². The molecule has 0 fully saturated rings. The van der Waals surface area contributed by atoms with Gasteiger partial charge in [0.25, 0.3) is 0 Å². The average molecular weight is 315 g/mol. The first-order chi connectivity index (χ1) is 9.31. The normalized spacial score (nSPS) is 11.8. The number of rotatable bonds is 4. The van der Waals surface area contributed by atoms with E-state index in [1.165, 1.54) is 18.2 Å². The van der Waals surface area contributed by atoms with Gasteiger partial charge in [-0.25, -0.2) is 13.1 Å². The molecule has 0 saturated heterocycles. The van der Waals surface area contributed by atoms with E-state index in [9.17, 15) is 8.42 Å². The molecule has 0 amide bonds. The molecular formula is C12H15ClN4O2S. The van der Waals surface area contributed by atoms with Gasteiger partial charge in [0.15, 0.2) is 0 Å². The van der Waals surface area contributed by atoms with Crippen molar-refractivity contribution in [3.8, 4) is 0 Å². The van der Waals surface area contributed by atoms with E-state index in [0.717, 1.165) is 11.3 Å². The molecule has 2 aromatic rings. The van der Waals surface area contributed by atoms with Crippen LogP contribution in [-0.2, 0) is 23.6 Å². The second kappa shape index (κ2) is 5.43. The summed E-state index contributed by atoms with van der Waals surface area (Å²) in [6, 6.07) is 4.21. The number of benzene rings is 1. The zero-order valence-electron chi connectivity index (χ0n) is 11.1. The average Bonchev–Trinajstić information content (AvgIpc) is 2.71. The van der Waals surface area contributed by atoms with Crippen molar-refractivity contribution >= 4 is 27.3 Å². The number of sulfonamides is 1. The van der Waals surface area contributed by atoms with Crippen LogP contribution in [0.25, 0.3) is 0 Å². The van der Waals surface area contributed by atoms with Gasteiger partial charge in [0.2, 0.25) is 10.0 Å². The third-order valence-corrected chi connectivity index (χ3v) is 4.81. The Kier molecular flexibility index (Phi) is 4.03. The lowest BCUT2D eigenvalue weighted by Gasteiger charge is -2.08. The van der Waals surface area contributed by atoms with E-state index < -0.39 is 10.0 Å². The van der Waals surface area contributed by atoms with Gasteiger partial charge in [-0.15, -0.1) is 0 Å². The van der Waals surface area contributed by atoms with Crippen molar-refractivity contribution in [1.82, 2.24) is 14.5 Å². The zero-order valence-corrected chi connectivity index (χ0v) is 12.7. The zero-order chi connectivity index (χ0) is 14.9. The molecule has 1 heterocycles. The van der Waals surface area contributed by atoms with Crippen LogP contribution in [0.3, 0.4) is 0 Å². The van der Waals surface area contributed by atoms with Crippen molar-refractivity contribution in [1.29, 1.82) is 0 Å². The lowest BCUT2D eigenvalue weighted by Crippen LogP contribution is -2.23. The number of aryl methyl sites for hydroxylation is 1. The van der Waals surface area contributed by atoms with Crippen molar-refractivity contribution in [3.63, 3.8) is 0 Å². The van der Waals surface area contributed by atoms with E-state index in [-0.39, 0.29) is 17.1 Å². The maximum atomic E-state index is 12.2. The quantitative estimate of drug-likeness (QED) is 0.836. The van der Waals surface area contributed by atoms with E-state index in [1.54, 1.807) is 17.9 Å². The molecular weight excluding hydrogens is 300 g/mol. The molecule has 0 aliphatic carbocycles. The number of nitrogens with zero attached hydrogens (tertiary/aromatic N) is 2. The Balaban J connectivity index is 2.19. The van der Waals surface area contributed by atoms with Crippen LogP contribution in [0.4, 0.5) is 5.69 Å². The highest BCUT2D eigenvalue weighted by molar-refractivity contribution is 7.89. The second-order valence-electron chi connectivity index (χ2n) is 4.39. The predicted molar refractivity (Wildman–Crippen MR) is 77.8 cm³/mol. The monoisotopic (exact) mass is 314 g/mol. The molecule has 6 nitrogen and oxygen atoms in total. The van der Waals surface area contributed by atoms with E-state index in [4.69, 9.17) is 17.3 Å². The molecule has 0 aliphatic rings. The van der Waals surface area contributed by atoms with Gasteiger partial charge in [0, 0.05) is 24.8 Å². The van der Waals surface area contributed by atoms with Crippen molar-refractivity contribution in [2.45, 2.75) is 18.4 Å². The van der Waals surface area contributed by atoms with Crippen LogP contribution in [0, 0.1) is 6.92 Å². The molecule has 8 heteroatoms. The molecule has 0 radical (unpaired) electrons. The number of hydrogen-bond donors (Lipinski definition) is 2. The lowest BCUT2D eigenvalue weighted by molar-refractivity contribution is 0.581. The molecule has 0 unspecified atom stereocenters. The van der Waals surface area contributed by atoms with Gasteiger partial charge in [0.05, 0.1) is 21.8 Å². The van der Waals surface area contributed by atoms with Gasteiger partial charge in [-0.3, -0.25) is 4.68 Å². The highest BCUT2D eigenvalue weighted by Gasteiger charge is 2.16. The Bertz CT molecular complexity index is 740. The Morgan fingerprint density at radius 1 is 1.45 bits per heavy atom. The van der Waals surface area contributed by atoms with Crippen LogP contribution in [0.15, 0.2) is 29.3 Å². The fourth-order valence-electron chi connectivity index (χ4n) is 1.66. The lowest BCUT2D eigenvalue weighted by atomic mass is 10.3. The standard InChI is InChI=1S/C12H15ClN4O2S/c1-8-9(6-15-17(8)2)7-16-20(18,19)10-3-4-11(13)12(14)5-10/h3-6,16H,7,14H2,1-2H3. The molecule has 0 saturated carbocycles. The largest absolute Gasteiger partial charge is 0.397 e. The van der Waals surface area contributed by atoms with Crippen LogP contribution in [0.5, 0.6) is 0 Å². The minimum atomic E-state index is -3.63. The summed E-state index contributed by atoms with van der Waals surface area (Å²) >= 11 is 5.78. The van der Waals surface area contributed by atoms with E-state index >= 15 is 0 Å². The van der Waals surface area contributed by atoms with Crippen LogP contribution >= 0.6 is 11.6 Å². The van der Waals surface area contributed by atoms with Crippen molar-refractivity contribution in [2.75, 3.05) is 5.73 Å². The summed E-state index contributed by atoms with van der Waals surface area (Å²) in [6.45, 7) is 2.04. The highest BCUT2D eigenvalue weighted by atomic mass is 35.5. The first-order valence-electron chi connectivity index (χ1n) is 5.83. The Labute approximate surface area is 122 Å². The van der Waals surface area contributed by atoms with Crippen LogP contribution in [0.1, 0.15) is 11.3 Å². The molecule has 0 atom stereocenters. The smallest absolute Gasteiger partial charge is 0.240 e. The van der Waals surface area contributed by atoms with Gasteiger partial charge in [-0.2, -0.15) is 5.10 Å². The highest BCUT2D eigenvalue weighted by Crippen LogP contribution is 2.22. The minimum Gasteiger partial charge on any atom is -0.397 e. The summed E-state index contributed by atoms with van der Waals surface area (Å²) in [6.07, 6.45) is 1.63. The van der Waals surface area contributed by atoms with Gasteiger partial charge in [-0.05, 0) is 25.1 Å². The molecule has 0 spiro atoms. The molecule has 1 aromatic heterocycles. The van der Waals surface area contributed by atoms with Gasteiger partial charge in [0.1, 0.15) is 0 Å². The number of nitrogens with two attached hydrogens (primary N) is 1. The molecule has 108 valence electrons. The maximum Gasteiger partial charge on any atom is 0.240 e. The number of aromatic nitrogens is 2. The topological polar surface area (TPSA) is 90.0 Å². The van der Waals surface area contributed by atoms with Crippen LogP contribution < -0.4 is 10.5 Å². The van der Waals surface area contributed by atoms with E-state index in [2.05, 4.69) is 9.82 Å². The molecule has 0 bridgehead atoms. The Hall–Kier alpha value is -1.57. The van der Waals surface area contributed by atoms with Gasteiger partial charge in [-0.1, -0.05) is 11.6 Å². The SMILES string of the molecule is Cc1c(CNS(=O)(=O)c2ccc(Cl)c(N)c2)cnn1C. The Morgan fingerprint density at radius 3 is 2.70 bits per heavy atom. The second-order valence-corrected chi connectivity index (χ2v) is 6.56. The summed E-state index contributed by atoms with van der Waals surface area (Å²) in [5.74, 6) is 0. The summed E-state index contributed by atoms with van der Waals surface area (Å²) in [5.41, 5.74) is 7.57. The van der Waals surface area contributed by atoms with E-state index in [1.807, 2.05) is 6.92 Å². The molecule has 2 rings (SSSR count). The summed E-state index contributed by atoms with van der Waals surface area (Å²) in [7, 11) is -1.83. The number of hydrogen-bond acceptors (Lipinski definition) is 4. The van der Waals surface area contributed by atoms with Crippen LogP contribution in [0.2, 0.25) is 5.02 Å².